The molecule has 0 aliphatic rings. The van der Waals surface area contributed by atoms with Gasteiger partial charge in [0.25, 0.3) is 0 Å². The van der Waals surface area contributed by atoms with E-state index in [1.807, 2.05) is 18.2 Å². The van der Waals surface area contributed by atoms with Crippen LogP contribution in [0.5, 0.6) is 11.5 Å². The SMILES string of the molecule is O=C(Oc1cccc2c(O)cccc12)c1c(I)ccc(I)c1I. The number of hydrogen-bond acceptors (Lipinski definition) is 3. The van der Waals surface area contributed by atoms with Gasteiger partial charge in [-0.05, 0) is 92.0 Å². The van der Waals surface area contributed by atoms with Gasteiger partial charge in [0.2, 0.25) is 0 Å². The second kappa shape index (κ2) is 7.09. The quantitative estimate of drug-likeness (QED) is 0.172. The summed E-state index contributed by atoms with van der Waals surface area (Å²) >= 11 is 6.49. The van der Waals surface area contributed by atoms with Crippen LogP contribution in [0, 0.1) is 10.7 Å². The van der Waals surface area contributed by atoms with E-state index in [9.17, 15) is 9.90 Å². The largest absolute Gasteiger partial charge is 0.507 e. The first-order valence-electron chi connectivity index (χ1n) is 6.55. The maximum atomic E-state index is 12.6. The highest BCUT2D eigenvalue weighted by Gasteiger charge is 2.19. The van der Waals surface area contributed by atoms with Gasteiger partial charge in [0.15, 0.2) is 0 Å². The summed E-state index contributed by atoms with van der Waals surface area (Å²) < 4.78 is 8.35. The fourth-order valence-electron chi connectivity index (χ4n) is 2.22. The van der Waals surface area contributed by atoms with Crippen LogP contribution in [0.1, 0.15) is 10.4 Å². The molecule has 0 unspecified atom stereocenters. The van der Waals surface area contributed by atoms with Gasteiger partial charge in [0, 0.05) is 21.5 Å². The highest BCUT2D eigenvalue weighted by atomic mass is 127. The van der Waals surface area contributed by atoms with Gasteiger partial charge in [-0.2, -0.15) is 0 Å². The third-order valence-electron chi connectivity index (χ3n) is 3.31. The Kier molecular flexibility index (Phi) is 5.31. The lowest BCUT2D eigenvalue weighted by atomic mass is 10.1. The van der Waals surface area contributed by atoms with Crippen molar-refractivity contribution in [2.45, 2.75) is 0 Å². The van der Waals surface area contributed by atoms with Crippen LogP contribution in [-0.2, 0) is 0 Å². The van der Waals surface area contributed by atoms with Gasteiger partial charge in [-0.1, -0.05) is 24.3 Å². The van der Waals surface area contributed by atoms with E-state index in [4.69, 9.17) is 4.74 Å². The molecule has 3 rings (SSSR count). The van der Waals surface area contributed by atoms with Crippen molar-refractivity contribution in [2.24, 2.45) is 0 Å². The summed E-state index contributed by atoms with van der Waals surface area (Å²) in [7, 11) is 0. The van der Waals surface area contributed by atoms with Crippen LogP contribution in [0.4, 0.5) is 0 Å². The number of ether oxygens (including phenoxy) is 1. The molecule has 0 heterocycles. The molecule has 6 heteroatoms. The Balaban J connectivity index is 2.05. The summed E-state index contributed by atoms with van der Waals surface area (Å²) in [4.78, 5) is 12.6. The Morgan fingerprint density at radius 1 is 0.870 bits per heavy atom. The Morgan fingerprint density at radius 3 is 2.30 bits per heavy atom. The minimum absolute atomic E-state index is 0.166. The molecular formula is C17H9I3O3. The Hall–Kier alpha value is -0.620. The third kappa shape index (κ3) is 3.43. The molecule has 0 spiro atoms. The molecule has 0 radical (unpaired) electrons. The minimum atomic E-state index is -0.395. The van der Waals surface area contributed by atoms with Gasteiger partial charge in [-0.25, -0.2) is 4.79 Å². The number of carbonyl (C=O) groups is 1. The van der Waals surface area contributed by atoms with Crippen molar-refractivity contribution < 1.29 is 14.6 Å². The molecule has 0 fully saturated rings. The third-order valence-corrected chi connectivity index (χ3v) is 7.26. The van der Waals surface area contributed by atoms with Crippen LogP contribution < -0.4 is 4.74 Å². The Morgan fingerprint density at radius 2 is 1.52 bits per heavy atom. The predicted octanol–water partition coefficient (Wildman–Crippen LogP) is 5.58. The van der Waals surface area contributed by atoms with Crippen molar-refractivity contribution in [1.29, 1.82) is 0 Å². The molecule has 0 aliphatic heterocycles. The van der Waals surface area contributed by atoms with Crippen LogP contribution in [0.2, 0.25) is 0 Å². The van der Waals surface area contributed by atoms with E-state index in [0.29, 0.717) is 22.1 Å². The van der Waals surface area contributed by atoms with Gasteiger partial charge in [0.05, 0.1) is 5.56 Å². The van der Waals surface area contributed by atoms with E-state index in [2.05, 4.69) is 67.8 Å². The molecule has 0 aliphatic carbocycles. The van der Waals surface area contributed by atoms with Gasteiger partial charge in [-0.3, -0.25) is 0 Å². The summed E-state index contributed by atoms with van der Waals surface area (Å²) in [5.74, 6) is 0.209. The molecule has 0 aromatic heterocycles. The van der Waals surface area contributed by atoms with Gasteiger partial charge in [-0.15, -0.1) is 0 Å². The standard InChI is InChI=1S/C17H9I3O3/c18-11-7-8-12(19)16(20)15(11)17(22)23-14-6-2-3-9-10(14)4-1-5-13(9)21/h1-8,21H. The lowest BCUT2D eigenvalue weighted by molar-refractivity contribution is 0.0734. The number of benzene rings is 3. The first kappa shape index (κ1) is 17.2. The maximum absolute atomic E-state index is 12.6. The number of halogens is 3. The zero-order chi connectivity index (χ0) is 16.6. The molecular weight excluding hydrogens is 633 g/mol. The van der Waals surface area contributed by atoms with Crippen LogP contribution in [-0.4, -0.2) is 11.1 Å². The Labute approximate surface area is 173 Å². The van der Waals surface area contributed by atoms with Crippen molar-refractivity contribution in [1.82, 2.24) is 0 Å². The van der Waals surface area contributed by atoms with Crippen molar-refractivity contribution in [3.63, 3.8) is 0 Å². The van der Waals surface area contributed by atoms with Crippen LogP contribution >= 0.6 is 67.8 Å². The maximum Gasteiger partial charge on any atom is 0.345 e. The molecule has 3 nitrogen and oxygen atoms in total. The van der Waals surface area contributed by atoms with Crippen molar-refractivity contribution in [2.75, 3.05) is 0 Å². The van der Waals surface area contributed by atoms with Gasteiger partial charge in [0.1, 0.15) is 11.5 Å². The highest BCUT2D eigenvalue weighted by molar-refractivity contribution is 14.1. The number of fused-ring (bicyclic) bond motifs is 1. The van der Waals surface area contributed by atoms with Crippen molar-refractivity contribution in [3.05, 3.63) is 64.8 Å². The first-order chi connectivity index (χ1) is 11.0. The molecule has 3 aromatic carbocycles. The molecule has 3 aromatic rings. The monoisotopic (exact) mass is 642 g/mol. The van der Waals surface area contributed by atoms with Gasteiger partial charge < -0.3 is 9.84 Å². The Bertz CT molecular complexity index is 922. The second-order valence-corrected chi connectivity index (χ2v) is 8.14. The zero-order valence-electron chi connectivity index (χ0n) is 11.5. The summed E-state index contributed by atoms with van der Waals surface area (Å²) in [5.41, 5.74) is 0.565. The molecule has 0 saturated heterocycles. The van der Waals surface area contributed by atoms with E-state index in [1.54, 1.807) is 30.3 Å². The normalized spacial score (nSPS) is 10.7. The fraction of sp³-hybridized carbons (Fsp3) is 0. The number of hydrogen-bond donors (Lipinski definition) is 1. The molecule has 0 bridgehead atoms. The number of carbonyl (C=O) groups excluding carboxylic acids is 1. The van der Waals surface area contributed by atoms with Crippen molar-refractivity contribution in [3.8, 4) is 11.5 Å². The average molecular weight is 642 g/mol. The lowest BCUT2D eigenvalue weighted by Crippen LogP contribution is -2.13. The summed E-state index contributed by atoms with van der Waals surface area (Å²) in [6, 6.07) is 14.3. The average Bonchev–Trinajstić information content (AvgIpc) is 2.52. The number of phenols is 1. The number of rotatable bonds is 2. The van der Waals surface area contributed by atoms with E-state index < -0.39 is 5.97 Å². The predicted molar refractivity (Wildman–Crippen MR) is 115 cm³/mol. The van der Waals surface area contributed by atoms with E-state index in [-0.39, 0.29) is 5.75 Å². The van der Waals surface area contributed by atoms with E-state index in [1.165, 1.54) is 0 Å². The first-order valence-corrected chi connectivity index (χ1v) is 9.79. The number of esters is 1. The smallest absolute Gasteiger partial charge is 0.345 e. The second-order valence-electron chi connectivity index (χ2n) is 4.74. The topological polar surface area (TPSA) is 46.5 Å². The lowest BCUT2D eigenvalue weighted by Gasteiger charge is -2.11. The summed E-state index contributed by atoms with van der Waals surface area (Å²) in [6.45, 7) is 0. The molecule has 116 valence electrons. The van der Waals surface area contributed by atoms with Crippen LogP contribution in [0.3, 0.4) is 0 Å². The number of aromatic hydroxyl groups is 1. The van der Waals surface area contributed by atoms with E-state index in [0.717, 1.165) is 10.7 Å². The van der Waals surface area contributed by atoms with Crippen LogP contribution in [0.15, 0.2) is 48.5 Å². The zero-order valence-corrected chi connectivity index (χ0v) is 18.0. The minimum Gasteiger partial charge on any atom is -0.507 e. The van der Waals surface area contributed by atoms with E-state index >= 15 is 0 Å². The van der Waals surface area contributed by atoms with Crippen molar-refractivity contribution >= 4 is 84.5 Å². The highest BCUT2D eigenvalue weighted by Crippen LogP contribution is 2.32. The van der Waals surface area contributed by atoms with Gasteiger partial charge >= 0.3 is 5.97 Å². The molecule has 0 amide bonds. The molecule has 0 saturated carbocycles. The summed E-state index contributed by atoms with van der Waals surface area (Å²) in [6.07, 6.45) is 0. The number of phenolic OH excluding ortho intramolecular Hbond substituents is 1. The summed E-state index contributed by atoms with van der Waals surface area (Å²) in [5, 5.41) is 11.3. The molecule has 1 N–H and O–H groups in total. The molecule has 23 heavy (non-hydrogen) atoms. The van der Waals surface area contributed by atoms with Crippen LogP contribution in [0.25, 0.3) is 10.8 Å². The fourth-order valence-corrected chi connectivity index (χ4v) is 4.54. The molecule has 0 atom stereocenters.